The second-order valence-electron chi connectivity index (χ2n) is 6.18. The molecule has 1 saturated heterocycles. The number of hydrogen-bond acceptors (Lipinski definition) is 1. The summed E-state index contributed by atoms with van der Waals surface area (Å²) < 4.78 is 0. The van der Waals surface area contributed by atoms with Crippen LogP contribution in [0.2, 0.25) is 0 Å². The molecule has 1 heterocycles. The van der Waals surface area contributed by atoms with Gasteiger partial charge in [0.1, 0.15) is 0 Å². The lowest BCUT2D eigenvalue weighted by atomic mass is 9.91. The molecule has 1 nitrogen and oxygen atoms in total. The van der Waals surface area contributed by atoms with Crippen LogP contribution in [0.3, 0.4) is 0 Å². The van der Waals surface area contributed by atoms with Crippen molar-refractivity contribution in [2.45, 2.75) is 33.6 Å². The molecule has 0 radical (unpaired) electrons. The van der Waals surface area contributed by atoms with E-state index in [0.29, 0.717) is 11.8 Å². The Hall–Kier alpha value is -0.820. The van der Waals surface area contributed by atoms with Crippen molar-refractivity contribution in [2.24, 2.45) is 17.8 Å². The molecule has 0 saturated carbocycles. The summed E-state index contributed by atoms with van der Waals surface area (Å²) in [4.78, 5) is 2.65. The fraction of sp³-hybridized carbons (Fsp3) is 0.647. The maximum Gasteiger partial charge on any atom is 0.0113 e. The molecule has 0 aromatic rings. The Balaban J connectivity index is 1.89. The van der Waals surface area contributed by atoms with E-state index in [-0.39, 0.29) is 0 Å². The fourth-order valence-electron chi connectivity index (χ4n) is 2.97. The molecular formula is C17H27N. The first-order chi connectivity index (χ1) is 8.58. The van der Waals surface area contributed by atoms with Crippen molar-refractivity contribution < 1.29 is 0 Å². The second-order valence-corrected chi connectivity index (χ2v) is 6.18. The minimum absolute atomic E-state index is 0.653. The minimum Gasteiger partial charge on any atom is -0.302 e. The van der Waals surface area contributed by atoms with Gasteiger partial charge in [-0.2, -0.15) is 0 Å². The first kappa shape index (κ1) is 13.6. The molecule has 0 bridgehead atoms. The molecule has 2 rings (SSSR count). The van der Waals surface area contributed by atoms with Crippen molar-refractivity contribution in [2.75, 3.05) is 19.6 Å². The number of likely N-dealkylation sites (tertiary alicyclic amines) is 1. The molecule has 100 valence electrons. The van der Waals surface area contributed by atoms with Gasteiger partial charge in [0.25, 0.3) is 0 Å². The highest BCUT2D eigenvalue weighted by molar-refractivity contribution is 5.30. The van der Waals surface area contributed by atoms with Gasteiger partial charge in [-0.15, -0.1) is 0 Å². The lowest BCUT2D eigenvalue weighted by Gasteiger charge is -2.24. The molecule has 2 aliphatic rings. The average Bonchev–Trinajstić information content (AvgIpc) is 2.74. The van der Waals surface area contributed by atoms with E-state index in [4.69, 9.17) is 0 Å². The highest BCUT2D eigenvalue weighted by Crippen LogP contribution is 2.32. The molecule has 1 fully saturated rings. The van der Waals surface area contributed by atoms with E-state index in [1.54, 1.807) is 5.57 Å². The Morgan fingerprint density at radius 2 is 2.33 bits per heavy atom. The third kappa shape index (κ3) is 3.14. The van der Waals surface area contributed by atoms with Gasteiger partial charge in [0.15, 0.2) is 0 Å². The normalized spacial score (nSPS) is 29.6. The van der Waals surface area contributed by atoms with E-state index in [0.717, 1.165) is 5.92 Å². The van der Waals surface area contributed by atoms with Gasteiger partial charge in [-0.05, 0) is 44.7 Å². The zero-order valence-electron chi connectivity index (χ0n) is 12.2. The van der Waals surface area contributed by atoms with Gasteiger partial charge >= 0.3 is 0 Å². The van der Waals surface area contributed by atoms with Gasteiger partial charge in [0, 0.05) is 12.5 Å². The van der Waals surface area contributed by atoms with Crippen LogP contribution < -0.4 is 0 Å². The van der Waals surface area contributed by atoms with E-state index < -0.39 is 0 Å². The van der Waals surface area contributed by atoms with E-state index in [2.05, 4.69) is 50.5 Å². The number of rotatable bonds is 4. The molecule has 0 spiro atoms. The summed E-state index contributed by atoms with van der Waals surface area (Å²) in [7, 11) is 0. The Morgan fingerprint density at radius 3 is 3.06 bits per heavy atom. The molecule has 3 unspecified atom stereocenters. The van der Waals surface area contributed by atoms with E-state index in [1.807, 2.05) is 0 Å². The predicted molar refractivity (Wildman–Crippen MR) is 79.5 cm³/mol. The zero-order chi connectivity index (χ0) is 13.1. The largest absolute Gasteiger partial charge is 0.302 e. The Kier molecular flexibility index (Phi) is 4.45. The number of fused-ring (bicyclic) bond motifs is 1. The first-order valence-electron chi connectivity index (χ1n) is 7.34. The molecule has 1 heteroatoms. The molecule has 0 aromatic carbocycles. The first-order valence-corrected chi connectivity index (χ1v) is 7.34. The summed E-state index contributed by atoms with van der Waals surface area (Å²) in [6.07, 6.45) is 9.53. The standard InChI is InChI=1S/C17H27N/c1-13(2)14(3)8-10-18-11-9-15(4)17-7-5-6-16(17)12-18/h5-7,14-16H,1,8-12H2,2-4H3. The molecular weight excluding hydrogens is 218 g/mol. The molecule has 0 aromatic heterocycles. The van der Waals surface area contributed by atoms with Crippen LogP contribution in [-0.2, 0) is 0 Å². The molecule has 0 amide bonds. The fourth-order valence-corrected chi connectivity index (χ4v) is 2.97. The summed E-state index contributed by atoms with van der Waals surface area (Å²) in [5.41, 5.74) is 2.98. The van der Waals surface area contributed by atoms with Crippen LogP contribution in [0.25, 0.3) is 0 Å². The molecule has 1 aliphatic heterocycles. The smallest absolute Gasteiger partial charge is 0.0113 e. The summed E-state index contributed by atoms with van der Waals surface area (Å²) in [5, 5.41) is 0. The number of allylic oxidation sites excluding steroid dienone is 3. The van der Waals surface area contributed by atoms with Crippen LogP contribution in [0.1, 0.15) is 33.6 Å². The third-order valence-corrected chi connectivity index (χ3v) is 4.68. The quantitative estimate of drug-likeness (QED) is 0.676. The van der Waals surface area contributed by atoms with Gasteiger partial charge in [-0.25, -0.2) is 0 Å². The molecule has 18 heavy (non-hydrogen) atoms. The second kappa shape index (κ2) is 5.88. The van der Waals surface area contributed by atoms with Crippen molar-refractivity contribution in [3.8, 4) is 0 Å². The van der Waals surface area contributed by atoms with Crippen LogP contribution in [0.4, 0.5) is 0 Å². The maximum atomic E-state index is 4.06. The molecule has 3 atom stereocenters. The topological polar surface area (TPSA) is 3.24 Å². The van der Waals surface area contributed by atoms with Crippen LogP contribution in [0.5, 0.6) is 0 Å². The Labute approximate surface area is 112 Å². The molecule has 0 N–H and O–H groups in total. The third-order valence-electron chi connectivity index (χ3n) is 4.68. The average molecular weight is 245 g/mol. The van der Waals surface area contributed by atoms with Crippen LogP contribution >= 0.6 is 0 Å². The SMILES string of the molecule is C=C(C)C(C)CCN1CCC(C)C2=CC=CC2C1. The van der Waals surface area contributed by atoms with Crippen LogP contribution in [-0.4, -0.2) is 24.5 Å². The Bertz CT molecular complexity index is 364. The van der Waals surface area contributed by atoms with Crippen LogP contribution in [0.15, 0.2) is 36.0 Å². The van der Waals surface area contributed by atoms with Gasteiger partial charge < -0.3 is 4.90 Å². The van der Waals surface area contributed by atoms with Crippen molar-refractivity contribution in [1.29, 1.82) is 0 Å². The summed E-state index contributed by atoms with van der Waals surface area (Å²) >= 11 is 0. The predicted octanol–water partition coefficient (Wildman–Crippen LogP) is 4.04. The summed E-state index contributed by atoms with van der Waals surface area (Å²) in [6.45, 7) is 14.6. The van der Waals surface area contributed by atoms with Crippen LogP contribution in [0, 0.1) is 17.8 Å². The highest BCUT2D eigenvalue weighted by Gasteiger charge is 2.26. The monoisotopic (exact) mass is 245 g/mol. The maximum absolute atomic E-state index is 4.06. The lowest BCUT2D eigenvalue weighted by molar-refractivity contribution is 0.255. The molecule has 1 aliphatic carbocycles. The van der Waals surface area contributed by atoms with Crippen molar-refractivity contribution in [1.82, 2.24) is 4.90 Å². The summed E-state index contributed by atoms with van der Waals surface area (Å²) in [5.74, 6) is 2.09. The van der Waals surface area contributed by atoms with Gasteiger partial charge in [0.2, 0.25) is 0 Å². The van der Waals surface area contributed by atoms with Gasteiger partial charge in [0.05, 0.1) is 0 Å². The Morgan fingerprint density at radius 1 is 1.56 bits per heavy atom. The van der Waals surface area contributed by atoms with E-state index >= 15 is 0 Å². The minimum atomic E-state index is 0.653. The van der Waals surface area contributed by atoms with Gasteiger partial charge in [-0.1, -0.05) is 49.8 Å². The zero-order valence-corrected chi connectivity index (χ0v) is 12.2. The van der Waals surface area contributed by atoms with E-state index in [1.165, 1.54) is 38.0 Å². The van der Waals surface area contributed by atoms with E-state index in [9.17, 15) is 0 Å². The number of nitrogens with zero attached hydrogens (tertiary/aromatic N) is 1. The van der Waals surface area contributed by atoms with Crippen molar-refractivity contribution in [3.05, 3.63) is 36.0 Å². The van der Waals surface area contributed by atoms with Gasteiger partial charge in [-0.3, -0.25) is 0 Å². The highest BCUT2D eigenvalue weighted by atomic mass is 15.1. The van der Waals surface area contributed by atoms with Crippen molar-refractivity contribution >= 4 is 0 Å². The lowest BCUT2D eigenvalue weighted by Crippen LogP contribution is -2.30. The summed E-state index contributed by atoms with van der Waals surface area (Å²) in [6, 6.07) is 0. The van der Waals surface area contributed by atoms with Crippen molar-refractivity contribution in [3.63, 3.8) is 0 Å². The number of hydrogen-bond donors (Lipinski definition) is 0.